The second-order valence-corrected chi connectivity index (χ2v) is 9.40. The van der Waals surface area contributed by atoms with Gasteiger partial charge in [-0.1, -0.05) is 25.5 Å². The third kappa shape index (κ3) is 6.47. The molecule has 1 atom stereocenters. The van der Waals surface area contributed by atoms with Gasteiger partial charge in [0.15, 0.2) is 18.2 Å². The number of hydrogen-bond acceptors (Lipinski definition) is 4. The average Bonchev–Trinajstić information content (AvgIpc) is 2.74. The summed E-state index contributed by atoms with van der Waals surface area (Å²) in [5.74, 6) is -33.5. The summed E-state index contributed by atoms with van der Waals surface area (Å²) in [7, 11) is -5.09. The molecule has 1 N–H and O–H groups in total. The van der Waals surface area contributed by atoms with Gasteiger partial charge in [-0.3, -0.25) is 4.55 Å². The lowest BCUT2D eigenvalue weighted by Gasteiger charge is -2.37. The zero-order chi connectivity index (χ0) is 32.0. The van der Waals surface area contributed by atoms with E-state index in [0.717, 1.165) is 0 Å². The first-order chi connectivity index (χ1) is 17.5. The fraction of sp³-hybridized carbons (Fsp3) is 0.667. The van der Waals surface area contributed by atoms with Gasteiger partial charge >= 0.3 is 42.1 Å². The van der Waals surface area contributed by atoms with E-state index in [1.54, 1.807) is 0 Å². The van der Waals surface area contributed by atoms with Crippen LogP contribution in [0.2, 0.25) is 0 Å². The Kier molecular flexibility index (Phi) is 9.73. The SMILES string of the molecule is CCCC(c1cccc(OCC(F)(F)C(F)(F)C(F)(F)OC(F)(F)C(F)(F)C(F)(F)C(F)(F)F)c1F)S(=O)(=O)O. The summed E-state index contributed by atoms with van der Waals surface area (Å²) in [5.41, 5.74) is -1.00. The quantitative estimate of drug-likeness (QED) is 0.181. The summed E-state index contributed by atoms with van der Waals surface area (Å²) in [5, 5.41) is -2.08. The molecule has 1 aromatic carbocycles. The number of rotatable bonds is 13. The smallest absolute Gasteiger partial charge is 0.460 e. The van der Waals surface area contributed by atoms with Crippen molar-refractivity contribution in [3.63, 3.8) is 0 Å². The van der Waals surface area contributed by atoms with Crippen LogP contribution in [0.5, 0.6) is 5.75 Å². The summed E-state index contributed by atoms with van der Waals surface area (Å²) >= 11 is 0. The zero-order valence-corrected chi connectivity index (χ0v) is 19.8. The topological polar surface area (TPSA) is 72.8 Å². The van der Waals surface area contributed by atoms with E-state index < -0.39 is 87.6 Å². The predicted molar refractivity (Wildman–Crippen MR) is 97.9 cm³/mol. The predicted octanol–water partition coefficient (Wildman–Crippen LogP) is 7.24. The Morgan fingerprint density at radius 1 is 0.800 bits per heavy atom. The minimum absolute atomic E-state index is 0.0487. The zero-order valence-electron chi connectivity index (χ0n) is 19.0. The van der Waals surface area contributed by atoms with Gasteiger partial charge in [-0.2, -0.15) is 74.3 Å². The number of hydrogen-bond donors (Lipinski definition) is 1. The fourth-order valence-electron chi connectivity index (χ4n) is 2.74. The first-order valence-electron chi connectivity index (χ1n) is 9.93. The number of alkyl halides is 15. The molecule has 0 spiro atoms. The van der Waals surface area contributed by atoms with Crippen LogP contribution in [-0.2, 0) is 14.9 Å². The Morgan fingerprint density at radius 3 is 1.70 bits per heavy atom. The summed E-state index contributed by atoms with van der Waals surface area (Å²) in [6, 6.07) is 1.60. The van der Waals surface area contributed by atoms with E-state index in [1.807, 2.05) is 0 Å². The Balaban J connectivity index is 3.34. The molecule has 0 aromatic heterocycles. The largest absolute Gasteiger partial charge is 0.484 e. The maximum atomic E-state index is 14.6. The first-order valence-corrected chi connectivity index (χ1v) is 11.4. The van der Waals surface area contributed by atoms with E-state index >= 15 is 0 Å². The molecule has 0 amide bonds. The second kappa shape index (κ2) is 10.9. The molecular weight excluding hydrogens is 632 g/mol. The van der Waals surface area contributed by atoms with Gasteiger partial charge in [-0.25, -0.2) is 9.13 Å². The molecule has 0 aliphatic carbocycles. The minimum Gasteiger partial charge on any atom is -0.484 e. The molecule has 234 valence electrons. The molecule has 40 heavy (non-hydrogen) atoms. The van der Waals surface area contributed by atoms with Crippen molar-refractivity contribution >= 4 is 10.1 Å². The molecule has 0 saturated carbocycles. The van der Waals surface area contributed by atoms with Gasteiger partial charge in [0.1, 0.15) is 5.25 Å². The molecule has 0 saturated heterocycles. The molecule has 1 aromatic rings. The molecular formula is C18H14F16O5S. The number of ether oxygens (including phenoxy) is 2. The van der Waals surface area contributed by atoms with Crippen molar-refractivity contribution in [2.24, 2.45) is 0 Å². The van der Waals surface area contributed by atoms with Crippen LogP contribution >= 0.6 is 0 Å². The maximum Gasteiger partial charge on any atom is 0.460 e. The molecule has 0 heterocycles. The van der Waals surface area contributed by atoms with Crippen molar-refractivity contribution in [3.05, 3.63) is 29.6 Å². The summed E-state index contributed by atoms with van der Waals surface area (Å²) in [6.07, 6.45) is -23.6. The Labute approximate surface area is 212 Å². The normalized spacial score (nSPS) is 15.8. The second-order valence-electron chi connectivity index (χ2n) is 7.80. The lowest BCUT2D eigenvalue weighted by molar-refractivity contribution is -0.513. The van der Waals surface area contributed by atoms with Crippen molar-refractivity contribution in [1.29, 1.82) is 0 Å². The van der Waals surface area contributed by atoms with E-state index in [1.165, 1.54) is 11.7 Å². The fourth-order valence-corrected chi connectivity index (χ4v) is 3.77. The van der Waals surface area contributed by atoms with Gasteiger partial charge in [-0.15, -0.1) is 0 Å². The minimum atomic E-state index is -8.05. The van der Waals surface area contributed by atoms with Gasteiger partial charge in [0, 0.05) is 5.56 Å². The molecule has 1 rings (SSSR count). The monoisotopic (exact) mass is 646 g/mol. The number of halogens is 16. The third-order valence-electron chi connectivity index (χ3n) is 4.86. The Morgan fingerprint density at radius 2 is 1.27 bits per heavy atom. The van der Waals surface area contributed by atoms with Crippen LogP contribution in [0.25, 0.3) is 0 Å². The van der Waals surface area contributed by atoms with Crippen LogP contribution in [0.1, 0.15) is 30.6 Å². The summed E-state index contributed by atoms with van der Waals surface area (Å²) in [6.45, 7) is -1.81. The molecule has 0 fully saturated rings. The maximum absolute atomic E-state index is 14.6. The van der Waals surface area contributed by atoms with Crippen LogP contribution in [0.15, 0.2) is 18.2 Å². The molecule has 0 aliphatic heterocycles. The van der Waals surface area contributed by atoms with Crippen molar-refractivity contribution in [2.45, 2.75) is 67.1 Å². The molecule has 0 bridgehead atoms. The van der Waals surface area contributed by atoms with E-state index in [0.29, 0.717) is 18.2 Å². The molecule has 22 heteroatoms. The van der Waals surface area contributed by atoms with E-state index in [4.69, 9.17) is 0 Å². The Hall–Kier alpha value is -2.23. The lowest BCUT2D eigenvalue weighted by Crippen LogP contribution is -2.66. The van der Waals surface area contributed by atoms with Crippen LogP contribution in [0.4, 0.5) is 70.2 Å². The van der Waals surface area contributed by atoms with Crippen LogP contribution in [0, 0.1) is 5.82 Å². The van der Waals surface area contributed by atoms with Crippen LogP contribution in [0.3, 0.4) is 0 Å². The molecule has 0 aliphatic rings. The highest BCUT2D eigenvalue weighted by atomic mass is 32.2. The van der Waals surface area contributed by atoms with Crippen molar-refractivity contribution in [3.8, 4) is 5.75 Å². The molecule has 1 unspecified atom stereocenters. The third-order valence-corrected chi connectivity index (χ3v) is 6.07. The standard InChI is InChI=1S/C18H14F16O5S/c1-2-4-10(40(35,36)37)8-5-3-6-9(11(8)19)38-7-12(20,21)13(22,23)17(31,32)39-18(33,34)15(26,27)14(24,25)16(28,29)30/h3,5-6,10H,2,4,7H2,1H3,(H,35,36,37). The van der Waals surface area contributed by atoms with Crippen molar-refractivity contribution in [2.75, 3.05) is 6.61 Å². The highest BCUT2D eigenvalue weighted by Gasteiger charge is 2.86. The summed E-state index contributed by atoms with van der Waals surface area (Å²) < 4.78 is 249. The van der Waals surface area contributed by atoms with Crippen LogP contribution in [-0.4, -0.2) is 61.7 Å². The number of benzene rings is 1. The highest BCUT2D eigenvalue weighted by molar-refractivity contribution is 7.86. The average molecular weight is 646 g/mol. The van der Waals surface area contributed by atoms with E-state index in [2.05, 4.69) is 4.74 Å². The van der Waals surface area contributed by atoms with E-state index in [9.17, 15) is 83.2 Å². The first kappa shape index (κ1) is 35.8. The van der Waals surface area contributed by atoms with Gasteiger partial charge < -0.3 is 4.74 Å². The molecule has 5 nitrogen and oxygen atoms in total. The summed E-state index contributed by atoms with van der Waals surface area (Å²) in [4.78, 5) is 0. The van der Waals surface area contributed by atoms with Gasteiger partial charge in [-0.05, 0) is 12.5 Å². The van der Waals surface area contributed by atoms with E-state index in [-0.39, 0.29) is 6.42 Å². The van der Waals surface area contributed by atoms with Crippen LogP contribution < -0.4 is 4.74 Å². The van der Waals surface area contributed by atoms with Gasteiger partial charge in [0.25, 0.3) is 10.1 Å². The van der Waals surface area contributed by atoms with Gasteiger partial charge in [0.05, 0.1) is 0 Å². The Bertz CT molecular complexity index is 1150. The highest BCUT2D eigenvalue weighted by Crippen LogP contribution is 2.57. The lowest BCUT2D eigenvalue weighted by atomic mass is 10.1. The van der Waals surface area contributed by atoms with Crippen molar-refractivity contribution < 1.29 is 92.7 Å². The molecule has 0 radical (unpaired) electrons. The van der Waals surface area contributed by atoms with Crippen molar-refractivity contribution in [1.82, 2.24) is 0 Å². The van der Waals surface area contributed by atoms with Gasteiger partial charge in [0.2, 0.25) is 0 Å².